The predicted octanol–water partition coefficient (Wildman–Crippen LogP) is 2.00. The van der Waals surface area contributed by atoms with Gasteiger partial charge in [0.2, 0.25) is 0 Å². The van der Waals surface area contributed by atoms with Crippen molar-refractivity contribution in [3.8, 4) is 0 Å². The fraction of sp³-hybridized carbons (Fsp3) is 1.00. The minimum atomic E-state index is 0.590. The third-order valence-corrected chi connectivity index (χ3v) is 3.36. The van der Waals surface area contributed by atoms with E-state index in [1.807, 2.05) is 0 Å². The maximum atomic E-state index is 5.61. The van der Waals surface area contributed by atoms with Crippen LogP contribution in [0.2, 0.25) is 0 Å². The van der Waals surface area contributed by atoms with Crippen molar-refractivity contribution in [1.29, 1.82) is 0 Å². The molecular weight excluding hydrogens is 200 g/mol. The van der Waals surface area contributed by atoms with E-state index in [4.69, 9.17) is 10.5 Å². The number of unbranched alkanes of at least 4 members (excludes halogenated alkanes) is 1. The zero-order chi connectivity index (χ0) is 11.8. The van der Waals surface area contributed by atoms with Gasteiger partial charge in [-0.15, -0.1) is 0 Å². The van der Waals surface area contributed by atoms with Crippen LogP contribution in [-0.2, 0) is 4.74 Å². The molecule has 0 spiro atoms. The second-order valence-corrected chi connectivity index (χ2v) is 4.86. The van der Waals surface area contributed by atoms with Crippen molar-refractivity contribution in [2.75, 3.05) is 26.8 Å². The minimum absolute atomic E-state index is 0.590. The van der Waals surface area contributed by atoms with Gasteiger partial charge in [0.25, 0.3) is 0 Å². The van der Waals surface area contributed by atoms with Crippen LogP contribution < -0.4 is 5.73 Å². The molecular formula is C13H28N2O. The van der Waals surface area contributed by atoms with Gasteiger partial charge in [-0.25, -0.2) is 0 Å². The van der Waals surface area contributed by atoms with E-state index < -0.39 is 0 Å². The van der Waals surface area contributed by atoms with Crippen LogP contribution in [0.4, 0.5) is 0 Å². The fourth-order valence-electron chi connectivity index (χ4n) is 2.30. The lowest BCUT2D eigenvalue weighted by Crippen LogP contribution is -2.41. The molecule has 1 rings (SSSR count). The molecule has 0 amide bonds. The molecule has 3 nitrogen and oxygen atoms in total. The normalized spacial score (nSPS) is 18.0. The largest absolute Gasteiger partial charge is 0.383 e. The Bertz CT molecular complexity index is 171. The van der Waals surface area contributed by atoms with E-state index in [2.05, 4.69) is 11.8 Å². The summed E-state index contributed by atoms with van der Waals surface area (Å²) in [6.45, 7) is 5.16. The third kappa shape index (κ3) is 4.81. The van der Waals surface area contributed by atoms with E-state index in [1.165, 1.54) is 38.6 Å². The minimum Gasteiger partial charge on any atom is -0.383 e. The topological polar surface area (TPSA) is 38.5 Å². The Labute approximate surface area is 100 Å². The Kier molecular flexibility index (Phi) is 7.01. The molecule has 0 heterocycles. The summed E-state index contributed by atoms with van der Waals surface area (Å²) in [6, 6.07) is 1.43. The Hall–Kier alpha value is -0.120. The number of hydrogen-bond donors (Lipinski definition) is 1. The molecule has 1 aliphatic carbocycles. The van der Waals surface area contributed by atoms with Crippen molar-refractivity contribution < 1.29 is 4.74 Å². The van der Waals surface area contributed by atoms with E-state index in [0.717, 1.165) is 25.6 Å². The quantitative estimate of drug-likeness (QED) is 0.621. The highest BCUT2D eigenvalue weighted by atomic mass is 16.5. The summed E-state index contributed by atoms with van der Waals surface area (Å²) in [5.74, 6) is 0. The van der Waals surface area contributed by atoms with Gasteiger partial charge >= 0.3 is 0 Å². The predicted molar refractivity (Wildman–Crippen MR) is 68.6 cm³/mol. The smallest absolute Gasteiger partial charge is 0.0618 e. The summed E-state index contributed by atoms with van der Waals surface area (Å²) in [4.78, 5) is 2.67. The molecule has 0 bridgehead atoms. The van der Waals surface area contributed by atoms with Gasteiger partial charge in [0.1, 0.15) is 0 Å². The first-order chi connectivity index (χ1) is 7.83. The van der Waals surface area contributed by atoms with Crippen molar-refractivity contribution in [3.63, 3.8) is 0 Å². The maximum absolute atomic E-state index is 5.61. The molecule has 0 aromatic heterocycles. The van der Waals surface area contributed by atoms with E-state index in [9.17, 15) is 0 Å². The number of hydrogen-bond acceptors (Lipinski definition) is 3. The lowest BCUT2D eigenvalue weighted by atomic mass is 10.1. The van der Waals surface area contributed by atoms with Gasteiger partial charge in [-0.1, -0.05) is 13.3 Å². The number of methoxy groups -OCH3 is 1. The van der Waals surface area contributed by atoms with Crippen molar-refractivity contribution in [3.05, 3.63) is 0 Å². The standard InChI is InChI=1S/C13H28N2O/c1-3-4-10-15(12-7-8-12)13(11-16-2)6-5-9-14/h12-13H,3-11,14H2,1-2H3. The highest BCUT2D eigenvalue weighted by Crippen LogP contribution is 2.30. The molecule has 0 aliphatic heterocycles. The van der Waals surface area contributed by atoms with Gasteiger partial charge in [0.15, 0.2) is 0 Å². The fourth-order valence-corrected chi connectivity index (χ4v) is 2.30. The van der Waals surface area contributed by atoms with Gasteiger partial charge in [-0.3, -0.25) is 4.90 Å². The molecule has 1 unspecified atom stereocenters. The van der Waals surface area contributed by atoms with Crippen LogP contribution in [0.5, 0.6) is 0 Å². The van der Waals surface area contributed by atoms with E-state index in [1.54, 1.807) is 7.11 Å². The highest BCUT2D eigenvalue weighted by Gasteiger charge is 2.32. The van der Waals surface area contributed by atoms with E-state index >= 15 is 0 Å². The van der Waals surface area contributed by atoms with Crippen LogP contribution in [0, 0.1) is 0 Å². The Morgan fingerprint density at radius 2 is 2.12 bits per heavy atom. The average molecular weight is 228 g/mol. The summed E-state index contributed by atoms with van der Waals surface area (Å²) in [5.41, 5.74) is 5.61. The highest BCUT2D eigenvalue weighted by molar-refractivity contribution is 4.88. The van der Waals surface area contributed by atoms with E-state index in [0.29, 0.717) is 6.04 Å². The second-order valence-electron chi connectivity index (χ2n) is 4.86. The van der Waals surface area contributed by atoms with Crippen molar-refractivity contribution in [2.45, 2.75) is 57.5 Å². The van der Waals surface area contributed by atoms with Crippen LogP contribution in [0.1, 0.15) is 45.4 Å². The van der Waals surface area contributed by atoms with Gasteiger partial charge in [0, 0.05) is 19.2 Å². The molecule has 96 valence electrons. The van der Waals surface area contributed by atoms with Gasteiger partial charge in [-0.2, -0.15) is 0 Å². The molecule has 0 radical (unpaired) electrons. The summed E-state index contributed by atoms with van der Waals surface area (Å²) < 4.78 is 5.36. The third-order valence-electron chi connectivity index (χ3n) is 3.36. The van der Waals surface area contributed by atoms with Crippen LogP contribution in [-0.4, -0.2) is 43.8 Å². The molecule has 0 saturated heterocycles. The molecule has 3 heteroatoms. The van der Waals surface area contributed by atoms with Crippen LogP contribution >= 0.6 is 0 Å². The summed E-state index contributed by atoms with van der Waals surface area (Å²) in [6.07, 6.45) is 7.65. The molecule has 2 N–H and O–H groups in total. The van der Waals surface area contributed by atoms with Crippen molar-refractivity contribution in [2.24, 2.45) is 5.73 Å². The van der Waals surface area contributed by atoms with Gasteiger partial charge < -0.3 is 10.5 Å². The zero-order valence-electron chi connectivity index (χ0n) is 11.0. The molecule has 1 saturated carbocycles. The number of nitrogens with two attached hydrogens (primary N) is 1. The lowest BCUT2D eigenvalue weighted by Gasteiger charge is -2.31. The lowest BCUT2D eigenvalue weighted by molar-refractivity contribution is 0.0776. The van der Waals surface area contributed by atoms with Crippen LogP contribution in [0.3, 0.4) is 0 Å². The average Bonchev–Trinajstić information content (AvgIpc) is 3.10. The maximum Gasteiger partial charge on any atom is 0.0618 e. The number of nitrogens with zero attached hydrogens (tertiary/aromatic N) is 1. The summed E-state index contributed by atoms with van der Waals surface area (Å²) in [7, 11) is 1.81. The van der Waals surface area contributed by atoms with Gasteiger partial charge in [0.05, 0.1) is 6.61 Å². The van der Waals surface area contributed by atoms with Crippen LogP contribution in [0.25, 0.3) is 0 Å². The SMILES string of the molecule is CCCCN(C1CC1)C(CCCN)COC. The first-order valence-corrected chi connectivity index (χ1v) is 6.78. The summed E-state index contributed by atoms with van der Waals surface area (Å²) >= 11 is 0. The van der Waals surface area contributed by atoms with Gasteiger partial charge in [-0.05, 0) is 45.2 Å². The molecule has 1 atom stereocenters. The number of ether oxygens (including phenoxy) is 1. The molecule has 1 aliphatic rings. The molecule has 16 heavy (non-hydrogen) atoms. The molecule has 0 aromatic rings. The molecule has 1 fully saturated rings. The van der Waals surface area contributed by atoms with Crippen molar-refractivity contribution >= 4 is 0 Å². The number of rotatable bonds is 10. The second kappa shape index (κ2) is 8.04. The monoisotopic (exact) mass is 228 g/mol. The zero-order valence-corrected chi connectivity index (χ0v) is 11.0. The first-order valence-electron chi connectivity index (χ1n) is 6.78. The Morgan fingerprint density at radius 3 is 2.62 bits per heavy atom. The van der Waals surface area contributed by atoms with Crippen LogP contribution in [0.15, 0.2) is 0 Å². The Morgan fingerprint density at radius 1 is 1.38 bits per heavy atom. The summed E-state index contributed by atoms with van der Waals surface area (Å²) in [5, 5.41) is 0. The van der Waals surface area contributed by atoms with E-state index in [-0.39, 0.29) is 0 Å². The Balaban J connectivity index is 2.40. The first kappa shape index (κ1) is 13.9. The van der Waals surface area contributed by atoms with Crippen molar-refractivity contribution in [1.82, 2.24) is 4.90 Å². The molecule has 0 aromatic carbocycles.